The Kier molecular flexibility index (Phi) is 2.27. The summed E-state index contributed by atoms with van der Waals surface area (Å²) in [6, 6.07) is -0.671. The SMILES string of the molecule is O=C([O-])CN1C(=O)CCNC1=O. The van der Waals surface area contributed by atoms with Gasteiger partial charge in [0, 0.05) is 13.0 Å². The minimum absolute atomic E-state index is 0.138. The molecule has 0 aromatic carbocycles. The predicted molar refractivity (Wildman–Crippen MR) is 34.7 cm³/mol. The largest absolute Gasteiger partial charge is 0.548 e. The number of rotatable bonds is 2. The number of carbonyl (C=O) groups is 3. The lowest BCUT2D eigenvalue weighted by Crippen LogP contribution is -2.53. The second-order valence-electron chi connectivity index (χ2n) is 2.33. The Morgan fingerprint density at radius 1 is 1.58 bits per heavy atom. The quantitative estimate of drug-likeness (QED) is 0.505. The summed E-state index contributed by atoms with van der Waals surface area (Å²) in [6.07, 6.45) is 0.138. The predicted octanol–water partition coefficient (Wildman–Crippen LogP) is -2.32. The maximum Gasteiger partial charge on any atom is 0.324 e. The number of nitrogens with zero attached hydrogens (tertiary/aromatic N) is 1. The third-order valence-corrected chi connectivity index (χ3v) is 1.45. The molecule has 0 aromatic rings. The number of amides is 3. The van der Waals surface area contributed by atoms with Crippen LogP contribution in [-0.2, 0) is 9.59 Å². The first-order valence-electron chi connectivity index (χ1n) is 3.39. The second-order valence-corrected chi connectivity index (χ2v) is 2.33. The molecule has 6 nitrogen and oxygen atoms in total. The Bertz CT molecular complexity index is 222. The second kappa shape index (κ2) is 3.21. The molecule has 1 aliphatic rings. The van der Waals surface area contributed by atoms with E-state index in [1.165, 1.54) is 0 Å². The van der Waals surface area contributed by atoms with Crippen LogP contribution in [0.2, 0.25) is 0 Å². The van der Waals surface area contributed by atoms with Crippen molar-refractivity contribution in [2.75, 3.05) is 13.1 Å². The first-order valence-corrected chi connectivity index (χ1v) is 3.39. The van der Waals surface area contributed by atoms with E-state index in [2.05, 4.69) is 5.32 Å². The molecule has 0 radical (unpaired) electrons. The van der Waals surface area contributed by atoms with Gasteiger partial charge in [-0.15, -0.1) is 0 Å². The number of hydrogen-bond acceptors (Lipinski definition) is 4. The van der Waals surface area contributed by atoms with E-state index in [-0.39, 0.29) is 13.0 Å². The molecule has 1 saturated heterocycles. The van der Waals surface area contributed by atoms with E-state index in [1.54, 1.807) is 0 Å². The Balaban J connectivity index is 2.63. The van der Waals surface area contributed by atoms with Gasteiger partial charge in [-0.05, 0) is 0 Å². The van der Waals surface area contributed by atoms with E-state index in [9.17, 15) is 19.5 Å². The average Bonchev–Trinajstić information content (AvgIpc) is 1.97. The highest BCUT2D eigenvalue weighted by molar-refractivity contribution is 5.99. The molecule has 66 valence electrons. The lowest BCUT2D eigenvalue weighted by molar-refractivity contribution is -0.305. The van der Waals surface area contributed by atoms with Crippen LogP contribution < -0.4 is 10.4 Å². The number of nitrogens with one attached hydrogen (secondary N) is 1. The van der Waals surface area contributed by atoms with Crippen LogP contribution >= 0.6 is 0 Å². The van der Waals surface area contributed by atoms with Crippen LogP contribution in [0.25, 0.3) is 0 Å². The summed E-state index contributed by atoms with van der Waals surface area (Å²) in [5.41, 5.74) is 0. The fourth-order valence-corrected chi connectivity index (χ4v) is 0.909. The fourth-order valence-electron chi connectivity index (χ4n) is 0.909. The Labute approximate surface area is 68.1 Å². The molecule has 0 aromatic heterocycles. The smallest absolute Gasteiger partial charge is 0.324 e. The van der Waals surface area contributed by atoms with Gasteiger partial charge in [-0.1, -0.05) is 0 Å². The molecule has 1 N–H and O–H groups in total. The van der Waals surface area contributed by atoms with Crippen molar-refractivity contribution >= 4 is 17.9 Å². The molecule has 12 heavy (non-hydrogen) atoms. The molecule has 0 atom stereocenters. The summed E-state index contributed by atoms with van der Waals surface area (Å²) in [6.45, 7) is -0.411. The molecule has 1 aliphatic heterocycles. The van der Waals surface area contributed by atoms with Crippen molar-refractivity contribution in [2.24, 2.45) is 0 Å². The van der Waals surface area contributed by atoms with Gasteiger partial charge in [-0.3, -0.25) is 9.69 Å². The number of hydrogen-bond donors (Lipinski definition) is 1. The first-order chi connectivity index (χ1) is 5.61. The van der Waals surface area contributed by atoms with E-state index in [4.69, 9.17) is 0 Å². The number of urea groups is 1. The number of imide groups is 1. The van der Waals surface area contributed by atoms with Crippen LogP contribution in [0, 0.1) is 0 Å². The zero-order valence-corrected chi connectivity index (χ0v) is 6.20. The van der Waals surface area contributed by atoms with Gasteiger partial charge >= 0.3 is 6.03 Å². The van der Waals surface area contributed by atoms with Gasteiger partial charge in [0.2, 0.25) is 5.91 Å². The third kappa shape index (κ3) is 1.71. The molecule has 3 amide bonds. The highest BCUT2D eigenvalue weighted by Crippen LogP contribution is 1.99. The summed E-state index contributed by atoms with van der Waals surface area (Å²) in [7, 11) is 0. The van der Waals surface area contributed by atoms with Crippen LogP contribution in [0.4, 0.5) is 4.79 Å². The standard InChI is InChI=1S/C6H8N2O4/c9-4-1-2-7-6(12)8(4)3-5(10)11/h1-3H2,(H,7,12)(H,10,11)/p-1. The average molecular weight is 171 g/mol. The van der Waals surface area contributed by atoms with Gasteiger partial charge in [0.15, 0.2) is 0 Å². The van der Waals surface area contributed by atoms with Crippen LogP contribution in [0.15, 0.2) is 0 Å². The lowest BCUT2D eigenvalue weighted by Gasteiger charge is -2.25. The third-order valence-electron chi connectivity index (χ3n) is 1.45. The summed E-state index contributed by atoms with van der Waals surface area (Å²) in [5.74, 6) is -1.93. The van der Waals surface area contributed by atoms with E-state index in [0.717, 1.165) is 0 Å². The molecule has 1 fully saturated rings. The highest BCUT2D eigenvalue weighted by atomic mass is 16.4. The zero-order chi connectivity index (χ0) is 9.14. The summed E-state index contributed by atoms with van der Waals surface area (Å²) >= 11 is 0. The molecule has 1 heterocycles. The van der Waals surface area contributed by atoms with Crippen LogP contribution in [0.3, 0.4) is 0 Å². The molecule has 0 spiro atoms. The number of carbonyl (C=O) groups excluding carboxylic acids is 3. The Morgan fingerprint density at radius 2 is 2.25 bits per heavy atom. The molecular weight excluding hydrogens is 164 g/mol. The number of aliphatic carboxylic acids is 1. The minimum atomic E-state index is -1.44. The fraction of sp³-hybridized carbons (Fsp3) is 0.500. The molecule has 0 unspecified atom stereocenters. The van der Waals surface area contributed by atoms with Gasteiger partial charge in [0.25, 0.3) is 0 Å². The first kappa shape index (κ1) is 8.51. The van der Waals surface area contributed by atoms with Gasteiger partial charge in [-0.25, -0.2) is 4.79 Å². The molecule has 6 heteroatoms. The van der Waals surface area contributed by atoms with E-state index in [1.807, 2.05) is 0 Å². The van der Waals surface area contributed by atoms with E-state index >= 15 is 0 Å². The monoisotopic (exact) mass is 171 g/mol. The van der Waals surface area contributed by atoms with Crippen LogP contribution in [-0.4, -0.2) is 35.9 Å². The Hall–Kier alpha value is -1.59. The van der Waals surface area contributed by atoms with Crippen molar-refractivity contribution < 1.29 is 19.5 Å². The lowest BCUT2D eigenvalue weighted by atomic mass is 10.3. The summed E-state index contributed by atoms with van der Waals surface area (Å²) in [4.78, 5) is 32.5. The van der Waals surface area contributed by atoms with Gasteiger partial charge < -0.3 is 15.2 Å². The molecule has 0 aliphatic carbocycles. The van der Waals surface area contributed by atoms with E-state index in [0.29, 0.717) is 4.90 Å². The normalized spacial score (nSPS) is 17.5. The number of carboxylic acids is 1. The van der Waals surface area contributed by atoms with Gasteiger partial charge in [0.05, 0.1) is 12.5 Å². The summed E-state index contributed by atoms with van der Waals surface area (Å²) < 4.78 is 0. The van der Waals surface area contributed by atoms with Gasteiger partial charge in [-0.2, -0.15) is 0 Å². The maximum absolute atomic E-state index is 10.9. The van der Waals surface area contributed by atoms with Crippen molar-refractivity contribution in [1.29, 1.82) is 0 Å². The summed E-state index contributed by atoms with van der Waals surface area (Å²) in [5, 5.41) is 12.4. The van der Waals surface area contributed by atoms with E-state index < -0.39 is 24.5 Å². The molecule has 0 bridgehead atoms. The highest BCUT2D eigenvalue weighted by Gasteiger charge is 2.24. The zero-order valence-electron chi connectivity index (χ0n) is 6.20. The van der Waals surface area contributed by atoms with Crippen molar-refractivity contribution in [1.82, 2.24) is 10.2 Å². The number of carboxylic acid groups (broad SMARTS) is 1. The van der Waals surface area contributed by atoms with Crippen molar-refractivity contribution in [3.05, 3.63) is 0 Å². The minimum Gasteiger partial charge on any atom is -0.548 e. The molecule has 1 rings (SSSR count). The Morgan fingerprint density at radius 3 is 2.75 bits per heavy atom. The molecule has 0 saturated carbocycles. The maximum atomic E-state index is 10.9. The van der Waals surface area contributed by atoms with Gasteiger partial charge in [0.1, 0.15) is 0 Å². The van der Waals surface area contributed by atoms with Crippen molar-refractivity contribution in [3.8, 4) is 0 Å². The van der Waals surface area contributed by atoms with Crippen molar-refractivity contribution in [2.45, 2.75) is 6.42 Å². The molecular formula is C6H7N2O4-. The van der Waals surface area contributed by atoms with Crippen LogP contribution in [0.1, 0.15) is 6.42 Å². The van der Waals surface area contributed by atoms with Crippen LogP contribution in [0.5, 0.6) is 0 Å². The van der Waals surface area contributed by atoms with Crippen molar-refractivity contribution in [3.63, 3.8) is 0 Å². The topological polar surface area (TPSA) is 89.5 Å².